The average Bonchev–Trinajstić information content (AvgIpc) is 3.54. The van der Waals surface area contributed by atoms with Gasteiger partial charge < -0.3 is 14.2 Å². The molecule has 3 heterocycles. The van der Waals surface area contributed by atoms with Gasteiger partial charge in [-0.25, -0.2) is 0 Å². The number of aryl methyl sites for hydroxylation is 3. The van der Waals surface area contributed by atoms with Crippen LogP contribution < -0.4 is 26.2 Å². The van der Waals surface area contributed by atoms with Crippen LogP contribution >= 0.6 is 0 Å². The van der Waals surface area contributed by atoms with Crippen LogP contribution in [-0.4, -0.2) is 6.71 Å². The zero-order valence-electron chi connectivity index (χ0n) is 31.2. The third kappa shape index (κ3) is 4.89. The molecular weight excluding hydrogens is 643 g/mol. The number of hydrogen-bond donors (Lipinski definition) is 0. The Bertz CT molecular complexity index is 2750. The summed E-state index contributed by atoms with van der Waals surface area (Å²) >= 11 is 0. The van der Waals surface area contributed by atoms with Gasteiger partial charge in [0.25, 0.3) is 6.71 Å². The molecule has 0 saturated heterocycles. The van der Waals surface area contributed by atoms with Crippen molar-refractivity contribution in [1.82, 2.24) is 0 Å². The van der Waals surface area contributed by atoms with Crippen LogP contribution in [0.5, 0.6) is 0 Å². The van der Waals surface area contributed by atoms with Crippen molar-refractivity contribution < 1.29 is 4.42 Å². The number of benzene rings is 7. The number of rotatable bonds is 3. The van der Waals surface area contributed by atoms with Crippen LogP contribution in [0, 0.1) is 20.8 Å². The Kier molecular flexibility index (Phi) is 6.88. The summed E-state index contributed by atoms with van der Waals surface area (Å²) < 4.78 is 6.44. The second-order valence-electron chi connectivity index (χ2n) is 16.1. The van der Waals surface area contributed by atoms with Crippen molar-refractivity contribution in [3.05, 3.63) is 162 Å². The van der Waals surface area contributed by atoms with Gasteiger partial charge in [-0.2, -0.15) is 0 Å². The van der Waals surface area contributed by atoms with E-state index in [9.17, 15) is 0 Å². The molecule has 8 aromatic rings. The van der Waals surface area contributed by atoms with Crippen LogP contribution in [0.15, 0.2) is 144 Å². The van der Waals surface area contributed by atoms with Crippen molar-refractivity contribution in [3.8, 4) is 11.1 Å². The molecule has 53 heavy (non-hydrogen) atoms. The maximum absolute atomic E-state index is 6.44. The molecule has 0 saturated carbocycles. The SMILES string of the molecule is Cc1ccc2c(c1)B1c3cc(C)ccc3N(c3ccc(C(C)(C)C)cc3)c3cc(C)cc(c31)N2c1ccc(-c2cccc3c2oc2ccccc23)cc1. The highest BCUT2D eigenvalue weighted by atomic mass is 16.3. The zero-order chi connectivity index (χ0) is 36.2. The van der Waals surface area contributed by atoms with Crippen LogP contribution in [0.25, 0.3) is 33.1 Å². The number of fused-ring (bicyclic) bond motifs is 7. The van der Waals surface area contributed by atoms with Gasteiger partial charge in [-0.05, 0) is 114 Å². The van der Waals surface area contributed by atoms with Gasteiger partial charge in [0.1, 0.15) is 11.2 Å². The summed E-state index contributed by atoms with van der Waals surface area (Å²) in [5.74, 6) is 0. The van der Waals surface area contributed by atoms with E-state index >= 15 is 0 Å². The van der Waals surface area contributed by atoms with Crippen molar-refractivity contribution >= 4 is 79.2 Å². The second-order valence-corrected chi connectivity index (χ2v) is 16.1. The first-order valence-electron chi connectivity index (χ1n) is 18.7. The van der Waals surface area contributed by atoms with Gasteiger partial charge in [0.05, 0.1) is 0 Å². The third-order valence-electron chi connectivity index (χ3n) is 11.4. The molecule has 0 aliphatic carbocycles. The average molecular weight is 685 g/mol. The van der Waals surface area contributed by atoms with Crippen LogP contribution in [0.2, 0.25) is 0 Å². The van der Waals surface area contributed by atoms with Gasteiger partial charge in [0, 0.05) is 50.5 Å². The Hall–Kier alpha value is -6.00. The number of furan rings is 1. The normalized spacial score (nSPS) is 13.4. The van der Waals surface area contributed by atoms with Crippen molar-refractivity contribution in [3.63, 3.8) is 0 Å². The molecule has 4 heteroatoms. The van der Waals surface area contributed by atoms with Gasteiger partial charge in [-0.15, -0.1) is 0 Å². The first kappa shape index (κ1) is 31.7. The molecule has 0 radical (unpaired) electrons. The minimum atomic E-state index is 0.0826. The van der Waals surface area contributed by atoms with E-state index in [1.165, 1.54) is 67.1 Å². The maximum atomic E-state index is 6.44. The first-order chi connectivity index (χ1) is 25.6. The minimum Gasteiger partial charge on any atom is -0.455 e. The predicted octanol–water partition coefficient (Wildman–Crippen LogP) is 11.6. The van der Waals surface area contributed by atoms with Gasteiger partial charge >= 0.3 is 0 Å². The highest BCUT2D eigenvalue weighted by Gasteiger charge is 2.43. The molecule has 0 atom stereocenters. The largest absolute Gasteiger partial charge is 0.455 e. The first-order valence-corrected chi connectivity index (χ1v) is 18.7. The summed E-state index contributed by atoms with van der Waals surface area (Å²) in [7, 11) is 0. The molecule has 0 fully saturated rings. The lowest BCUT2D eigenvalue weighted by Gasteiger charge is -2.44. The fourth-order valence-electron chi connectivity index (χ4n) is 8.81. The monoisotopic (exact) mass is 684 g/mol. The van der Waals surface area contributed by atoms with Gasteiger partial charge in [0.2, 0.25) is 0 Å². The number of hydrogen-bond acceptors (Lipinski definition) is 3. The number of nitrogens with zero attached hydrogens (tertiary/aromatic N) is 2. The lowest BCUT2D eigenvalue weighted by atomic mass is 9.33. The van der Waals surface area contributed by atoms with Crippen molar-refractivity contribution in [1.29, 1.82) is 0 Å². The number of anilines is 6. The second kappa shape index (κ2) is 11.5. The van der Waals surface area contributed by atoms with Crippen molar-refractivity contribution in [2.45, 2.75) is 47.0 Å². The standard InChI is InChI=1S/C49H41BN2O/c1-30-14-24-42-40(26-30)50-41-27-31(2)15-25-43(41)52(36-22-18-34(19-23-36)49(4,5)6)45-29-32(3)28-44(47(45)50)51(42)35-20-16-33(17-21-35)37-11-9-12-39-38-10-7-8-13-46(38)53-48(37)39/h7-29H,1-6H3. The van der Waals surface area contributed by atoms with E-state index < -0.39 is 0 Å². The molecule has 0 spiro atoms. The smallest absolute Gasteiger partial charge is 0.252 e. The van der Waals surface area contributed by atoms with E-state index in [1.54, 1.807) is 0 Å². The Morgan fingerprint density at radius 3 is 1.68 bits per heavy atom. The summed E-state index contributed by atoms with van der Waals surface area (Å²) in [6.07, 6.45) is 0. The van der Waals surface area contributed by atoms with Crippen LogP contribution in [0.3, 0.4) is 0 Å². The van der Waals surface area contributed by atoms with E-state index in [-0.39, 0.29) is 12.1 Å². The molecule has 0 amide bonds. The quantitative estimate of drug-likeness (QED) is 0.173. The summed E-state index contributed by atoms with van der Waals surface area (Å²) in [6, 6.07) is 51.8. The third-order valence-corrected chi connectivity index (χ3v) is 11.4. The van der Waals surface area contributed by atoms with Crippen molar-refractivity contribution in [2.24, 2.45) is 0 Å². The van der Waals surface area contributed by atoms with Crippen LogP contribution in [0.4, 0.5) is 34.1 Å². The van der Waals surface area contributed by atoms with Gasteiger partial charge in [-0.3, -0.25) is 0 Å². The minimum absolute atomic E-state index is 0.0826. The highest BCUT2D eigenvalue weighted by Crippen LogP contribution is 2.45. The van der Waals surface area contributed by atoms with E-state index in [1.807, 2.05) is 6.07 Å². The van der Waals surface area contributed by atoms with Gasteiger partial charge in [-0.1, -0.05) is 117 Å². The van der Waals surface area contributed by atoms with Gasteiger partial charge in [0.15, 0.2) is 0 Å². The topological polar surface area (TPSA) is 19.6 Å². The molecule has 1 aromatic heterocycles. The van der Waals surface area contributed by atoms with E-state index in [0.717, 1.165) is 38.8 Å². The molecule has 7 aromatic carbocycles. The summed E-state index contributed by atoms with van der Waals surface area (Å²) in [6.45, 7) is 13.6. The molecule has 0 N–H and O–H groups in total. The Balaban J connectivity index is 1.17. The van der Waals surface area contributed by atoms with E-state index in [0.29, 0.717) is 0 Å². The summed E-state index contributed by atoms with van der Waals surface area (Å²) in [5, 5.41) is 2.30. The highest BCUT2D eigenvalue weighted by molar-refractivity contribution is 7.00. The molecule has 2 aliphatic heterocycles. The lowest BCUT2D eigenvalue weighted by Crippen LogP contribution is -2.61. The molecule has 256 valence electrons. The number of para-hydroxylation sites is 2. The zero-order valence-corrected chi connectivity index (χ0v) is 31.2. The fraction of sp³-hybridized carbons (Fsp3) is 0.143. The maximum Gasteiger partial charge on any atom is 0.252 e. The van der Waals surface area contributed by atoms with E-state index in [4.69, 9.17) is 4.42 Å². The molecular formula is C49H41BN2O. The molecule has 2 aliphatic rings. The Labute approximate surface area is 312 Å². The summed E-state index contributed by atoms with van der Waals surface area (Å²) in [5.41, 5.74) is 20.6. The predicted molar refractivity (Wildman–Crippen MR) is 226 cm³/mol. The molecule has 10 rings (SSSR count). The van der Waals surface area contributed by atoms with Crippen molar-refractivity contribution in [2.75, 3.05) is 9.80 Å². The van der Waals surface area contributed by atoms with E-state index in [2.05, 4.69) is 185 Å². The lowest BCUT2D eigenvalue weighted by molar-refractivity contribution is 0.590. The van der Waals surface area contributed by atoms with Crippen LogP contribution in [0.1, 0.15) is 43.0 Å². The Morgan fingerprint density at radius 2 is 1.08 bits per heavy atom. The molecule has 3 nitrogen and oxygen atoms in total. The molecule has 0 bridgehead atoms. The Morgan fingerprint density at radius 1 is 0.509 bits per heavy atom. The summed E-state index contributed by atoms with van der Waals surface area (Å²) in [4.78, 5) is 4.99. The molecule has 0 unspecified atom stereocenters. The fourth-order valence-corrected chi connectivity index (χ4v) is 8.81. The van der Waals surface area contributed by atoms with Crippen LogP contribution in [-0.2, 0) is 5.41 Å².